The topological polar surface area (TPSA) is 80.8 Å². The van der Waals surface area contributed by atoms with Crippen LogP contribution in [0, 0.1) is 5.92 Å². The average molecular weight is 397 g/mol. The van der Waals surface area contributed by atoms with Crippen molar-refractivity contribution in [3.8, 4) is 11.5 Å². The number of hydrogen-bond donors (Lipinski definition) is 1. The lowest BCUT2D eigenvalue weighted by atomic mass is 10.1. The van der Waals surface area contributed by atoms with Gasteiger partial charge in [-0.05, 0) is 36.2 Å². The minimum atomic E-state index is -0.295. The van der Waals surface area contributed by atoms with Crippen molar-refractivity contribution in [3.63, 3.8) is 0 Å². The van der Waals surface area contributed by atoms with E-state index in [9.17, 15) is 9.59 Å². The summed E-state index contributed by atoms with van der Waals surface area (Å²) in [6, 6.07) is 11.5. The molecule has 154 valence electrons. The van der Waals surface area contributed by atoms with E-state index >= 15 is 0 Å². The Hall–Kier alpha value is -3.09. The smallest absolute Gasteiger partial charge is 0.225 e. The van der Waals surface area contributed by atoms with Crippen LogP contribution in [0.4, 0.5) is 0 Å². The maximum Gasteiger partial charge on any atom is 0.225 e. The standard InChI is InChI=1S/C22H27N3O4/c1-28-19-7-6-16(13-20(19)29-2)9-12-25-15-17(14-21(25)26)22(27)24-11-8-18-5-3-4-10-23-18/h3-7,10,13,17H,8-9,11-12,14-15H2,1-2H3,(H,24,27). The van der Waals surface area contributed by atoms with Gasteiger partial charge in [0.1, 0.15) is 0 Å². The van der Waals surface area contributed by atoms with Crippen LogP contribution >= 0.6 is 0 Å². The van der Waals surface area contributed by atoms with Crippen molar-refractivity contribution in [2.24, 2.45) is 5.92 Å². The first-order valence-electron chi connectivity index (χ1n) is 9.77. The number of pyridine rings is 1. The Morgan fingerprint density at radius 1 is 1.17 bits per heavy atom. The molecule has 1 aromatic heterocycles. The van der Waals surface area contributed by atoms with E-state index < -0.39 is 0 Å². The van der Waals surface area contributed by atoms with Crippen LogP contribution in [0.3, 0.4) is 0 Å². The molecule has 2 aromatic rings. The van der Waals surface area contributed by atoms with Crippen LogP contribution in [0.2, 0.25) is 0 Å². The number of methoxy groups -OCH3 is 2. The van der Waals surface area contributed by atoms with Gasteiger partial charge in [0.05, 0.1) is 20.1 Å². The highest BCUT2D eigenvalue weighted by molar-refractivity contribution is 5.89. The molecule has 1 unspecified atom stereocenters. The zero-order valence-corrected chi connectivity index (χ0v) is 16.9. The van der Waals surface area contributed by atoms with Crippen molar-refractivity contribution in [1.29, 1.82) is 0 Å². The third-order valence-corrected chi connectivity index (χ3v) is 5.11. The van der Waals surface area contributed by atoms with Crippen LogP contribution in [0.15, 0.2) is 42.6 Å². The SMILES string of the molecule is COc1ccc(CCN2CC(C(=O)NCCc3ccccn3)CC2=O)cc1OC. The normalized spacial score (nSPS) is 16.0. The summed E-state index contributed by atoms with van der Waals surface area (Å²) < 4.78 is 10.6. The molecule has 2 amide bonds. The number of hydrogen-bond acceptors (Lipinski definition) is 5. The van der Waals surface area contributed by atoms with Crippen molar-refractivity contribution < 1.29 is 19.1 Å². The summed E-state index contributed by atoms with van der Waals surface area (Å²) in [4.78, 5) is 30.7. The third kappa shape index (κ3) is 5.47. The van der Waals surface area contributed by atoms with E-state index in [1.165, 1.54) is 0 Å². The molecule has 0 aliphatic carbocycles. The number of benzene rings is 1. The van der Waals surface area contributed by atoms with Gasteiger partial charge in [0, 0.05) is 44.4 Å². The summed E-state index contributed by atoms with van der Waals surface area (Å²) >= 11 is 0. The predicted molar refractivity (Wildman–Crippen MR) is 109 cm³/mol. The molecule has 1 N–H and O–H groups in total. The number of nitrogens with one attached hydrogen (secondary N) is 1. The predicted octanol–water partition coefficient (Wildman–Crippen LogP) is 1.85. The molecule has 1 aliphatic heterocycles. The first-order chi connectivity index (χ1) is 14.1. The minimum Gasteiger partial charge on any atom is -0.493 e. The van der Waals surface area contributed by atoms with Gasteiger partial charge in [-0.15, -0.1) is 0 Å². The number of amides is 2. The number of carbonyl (C=O) groups excluding carboxylic acids is 2. The van der Waals surface area contributed by atoms with Gasteiger partial charge >= 0.3 is 0 Å². The zero-order chi connectivity index (χ0) is 20.6. The van der Waals surface area contributed by atoms with Crippen molar-refractivity contribution in [1.82, 2.24) is 15.2 Å². The number of aromatic nitrogens is 1. The van der Waals surface area contributed by atoms with Gasteiger partial charge in [0.15, 0.2) is 11.5 Å². The maximum atomic E-state index is 12.4. The van der Waals surface area contributed by atoms with Crippen molar-refractivity contribution >= 4 is 11.8 Å². The molecule has 7 heteroatoms. The lowest BCUT2D eigenvalue weighted by molar-refractivity contribution is -0.129. The summed E-state index contributed by atoms with van der Waals surface area (Å²) in [5.41, 5.74) is 1.99. The summed E-state index contributed by atoms with van der Waals surface area (Å²) in [7, 11) is 3.20. The minimum absolute atomic E-state index is 0.0235. The van der Waals surface area contributed by atoms with Crippen LogP contribution in [0.25, 0.3) is 0 Å². The molecule has 1 aromatic carbocycles. The maximum absolute atomic E-state index is 12.4. The van der Waals surface area contributed by atoms with Gasteiger partial charge in [-0.1, -0.05) is 12.1 Å². The fourth-order valence-corrected chi connectivity index (χ4v) is 3.47. The van der Waals surface area contributed by atoms with Crippen molar-refractivity contribution in [3.05, 3.63) is 53.9 Å². The first-order valence-corrected chi connectivity index (χ1v) is 9.77. The Labute approximate surface area is 171 Å². The molecule has 1 atom stereocenters. The monoisotopic (exact) mass is 397 g/mol. The molecule has 1 aliphatic rings. The molecule has 2 heterocycles. The van der Waals surface area contributed by atoms with E-state index in [4.69, 9.17) is 9.47 Å². The second-order valence-corrected chi connectivity index (χ2v) is 7.04. The highest BCUT2D eigenvalue weighted by Gasteiger charge is 2.33. The Bertz CT molecular complexity index is 841. The number of rotatable bonds is 9. The Kier molecular flexibility index (Phi) is 7.05. The average Bonchev–Trinajstić information content (AvgIpc) is 3.13. The quantitative estimate of drug-likeness (QED) is 0.698. The molecule has 0 spiro atoms. The first kappa shape index (κ1) is 20.6. The summed E-state index contributed by atoms with van der Waals surface area (Å²) in [5.74, 6) is 1.01. The molecule has 3 rings (SSSR count). The Balaban J connectivity index is 1.46. The molecule has 7 nitrogen and oxygen atoms in total. The van der Waals surface area contributed by atoms with Gasteiger partial charge in [0.25, 0.3) is 0 Å². The van der Waals surface area contributed by atoms with Gasteiger partial charge in [-0.25, -0.2) is 0 Å². The van der Waals surface area contributed by atoms with Crippen LogP contribution in [-0.4, -0.2) is 55.6 Å². The molecule has 1 saturated heterocycles. The lowest BCUT2D eigenvalue weighted by Gasteiger charge is -2.17. The molecule has 29 heavy (non-hydrogen) atoms. The van der Waals surface area contributed by atoms with E-state index in [2.05, 4.69) is 10.3 Å². The van der Waals surface area contributed by atoms with E-state index in [-0.39, 0.29) is 24.2 Å². The Morgan fingerprint density at radius 3 is 2.72 bits per heavy atom. The highest BCUT2D eigenvalue weighted by Crippen LogP contribution is 2.28. The number of nitrogens with zero attached hydrogens (tertiary/aromatic N) is 2. The van der Waals surface area contributed by atoms with E-state index in [0.29, 0.717) is 44.0 Å². The number of ether oxygens (including phenoxy) is 2. The third-order valence-electron chi connectivity index (χ3n) is 5.11. The largest absolute Gasteiger partial charge is 0.493 e. The van der Waals surface area contributed by atoms with E-state index in [1.807, 2.05) is 36.4 Å². The van der Waals surface area contributed by atoms with Gasteiger partial charge < -0.3 is 19.7 Å². The summed E-state index contributed by atoms with van der Waals surface area (Å²) in [6.45, 7) is 1.56. The summed E-state index contributed by atoms with van der Waals surface area (Å²) in [6.07, 6.45) is 3.38. The molecule has 0 bridgehead atoms. The van der Waals surface area contributed by atoms with Crippen molar-refractivity contribution in [2.75, 3.05) is 33.9 Å². The number of likely N-dealkylation sites (tertiary alicyclic amines) is 1. The van der Waals surface area contributed by atoms with Gasteiger partial charge in [-0.3, -0.25) is 14.6 Å². The molecule has 0 radical (unpaired) electrons. The number of carbonyl (C=O) groups is 2. The van der Waals surface area contributed by atoms with Crippen LogP contribution in [-0.2, 0) is 22.4 Å². The molecule has 0 saturated carbocycles. The molecular formula is C22H27N3O4. The van der Waals surface area contributed by atoms with Gasteiger partial charge in [0.2, 0.25) is 11.8 Å². The highest BCUT2D eigenvalue weighted by atomic mass is 16.5. The van der Waals surface area contributed by atoms with Crippen LogP contribution < -0.4 is 14.8 Å². The van der Waals surface area contributed by atoms with Crippen LogP contribution in [0.1, 0.15) is 17.7 Å². The summed E-state index contributed by atoms with van der Waals surface area (Å²) in [5, 5.41) is 2.93. The zero-order valence-electron chi connectivity index (χ0n) is 16.9. The van der Waals surface area contributed by atoms with Gasteiger partial charge in [-0.2, -0.15) is 0 Å². The second-order valence-electron chi connectivity index (χ2n) is 7.04. The van der Waals surface area contributed by atoms with Crippen LogP contribution in [0.5, 0.6) is 11.5 Å². The lowest BCUT2D eigenvalue weighted by Crippen LogP contribution is -2.34. The molecular weight excluding hydrogens is 370 g/mol. The fraction of sp³-hybridized carbons (Fsp3) is 0.409. The fourth-order valence-electron chi connectivity index (χ4n) is 3.47. The molecule has 1 fully saturated rings. The van der Waals surface area contributed by atoms with E-state index in [1.54, 1.807) is 25.3 Å². The second kappa shape index (κ2) is 9.91. The van der Waals surface area contributed by atoms with E-state index in [0.717, 1.165) is 11.3 Å². The Morgan fingerprint density at radius 2 is 2.00 bits per heavy atom. The van der Waals surface area contributed by atoms with Crippen molar-refractivity contribution in [2.45, 2.75) is 19.3 Å².